The Hall–Kier alpha value is -4.59. The van der Waals surface area contributed by atoms with E-state index < -0.39 is 5.91 Å². The van der Waals surface area contributed by atoms with Crippen LogP contribution in [0.2, 0.25) is 0 Å². The van der Waals surface area contributed by atoms with Gasteiger partial charge in [0.1, 0.15) is 5.75 Å². The van der Waals surface area contributed by atoms with E-state index in [0.29, 0.717) is 28.4 Å². The van der Waals surface area contributed by atoms with Gasteiger partial charge >= 0.3 is 0 Å². The van der Waals surface area contributed by atoms with Crippen molar-refractivity contribution in [1.82, 2.24) is 0 Å². The van der Waals surface area contributed by atoms with Gasteiger partial charge in [0.2, 0.25) is 11.7 Å². The maximum absolute atomic E-state index is 12.7. The van der Waals surface area contributed by atoms with Crippen molar-refractivity contribution in [1.29, 1.82) is 0 Å². The van der Waals surface area contributed by atoms with Gasteiger partial charge < -0.3 is 34.5 Å². The predicted molar refractivity (Wildman–Crippen MR) is 135 cm³/mol. The fraction of sp³-hybridized carbons (Fsp3) is 0.148. The highest BCUT2D eigenvalue weighted by atomic mass is 16.5. The van der Waals surface area contributed by atoms with Crippen molar-refractivity contribution in [3.05, 3.63) is 71.3 Å². The van der Waals surface area contributed by atoms with Crippen LogP contribution in [0, 0.1) is 0 Å². The molecule has 0 aliphatic carbocycles. The second kappa shape index (κ2) is 11.5. The molecule has 0 saturated heterocycles. The van der Waals surface area contributed by atoms with Gasteiger partial charge in [0, 0.05) is 17.2 Å². The molecule has 0 heterocycles. The molecule has 0 atom stereocenters. The molecule has 0 radical (unpaired) electrons. The first-order chi connectivity index (χ1) is 16.9. The van der Waals surface area contributed by atoms with Crippen LogP contribution in [0.1, 0.15) is 16.7 Å². The van der Waals surface area contributed by atoms with Crippen LogP contribution in [0.25, 0.3) is 18.2 Å². The molecule has 0 aromatic heterocycles. The van der Waals surface area contributed by atoms with E-state index >= 15 is 0 Å². The van der Waals surface area contributed by atoms with Crippen LogP contribution in [0.15, 0.2) is 54.6 Å². The minimum absolute atomic E-state index is 0.0560. The number of phenols is 2. The number of anilines is 1. The van der Waals surface area contributed by atoms with Crippen LogP contribution in [-0.4, -0.2) is 44.6 Å². The van der Waals surface area contributed by atoms with Gasteiger partial charge in [-0.1, -0.05) is 30.4 Å². The SMILES string of the molecule is COc1cc(C=Cc2ccc(O)c(OC)c2NC(=O)/C=C/c2ccccc2O)cc(OC)c1OC. The van der Waals surface area contributed by atoms with Gasteiger partial charge in [-0.15, -0.1) is 0 Å². The summed E-state index contributed by atoms with van der Waals surface area (Å²) in [6.07, 6.45) is 6.32. The van der Waals surface area contributed by atoms with Crippen molar-refractivity contribution < 1.29 is 34.0 Å². The topological polar surface area (TPSA) is 106 Å². The fourth-order valence-electron chi connectivity index (χ4n) is 3.40. The summed E-state index contributed by atoms with van der Waals surface area (Å²) >= 11 is 0. The smallest absolute Gasteiger partial charge is 0.248 e. The summed E-state index contributed by atoms with van der Waals surface area (Å²) in [4.78, 5) is 12.7. The summed E-state index contributed by atoms with van der Waals surface area (Å²) < 4.78 is 21.5. The number of carbonyl (C=O) groups excluding carboxylic acids is 1. The van der Waals surface area contributed by atoms with E-state index in [4.69, 9.17) is 18.9 Å². The van der Waals surface area contributed by atoms with Crippen molar-refractivity contribution in [3.63, 3.8) is 0 Å². The Morgan fingerprint density at radius 1 is 0.743 bits per heavy atom. The Labute approximate surface area is 203 Å². The number of hydrogen-bond donors (Lipinski definition) is 3. The number of hydrogen-bond acceptors (Lipinski definition) is 7. The molecular weight excluding hydrogens is 450 g/mol. The Balaban J connectivity index is 1.95. The zero-order valence-electron chi connectivity index (χ0n) is 19.9. The molecule has 35 heavy (non-hydrogen) atoms. The van der Waals surface area contributed by atoms with Crippen molar-refractivity contribution in [2.75, 3.05) is 33.8 Å². The number of aromatic hydroxyl groups is 2. The normalized spacial score (nSPS) is 11.0. The van der Waals surface area contributed by atoms with Crippen molar-refractivity contribution in [2.24, 2.45) is 0 Å². The van der Waals surface area contributed by atoms with E-state index in [1.165, 1.54) is 52.7 Å². The zero-order chi connectivity index (χ0) is 25.4. The van der Waals surface area contributed by atoms with Gasteiger partial charge in [0.15, 0.2) is 23.0 Å². The fourth-order valence-corrected chi connectivity index (χ4v) is 3.40. The summed E-state index contributed by atoms with van der Waals surface area (Å²) in [5.41, 5.74) is 2.11. The molecule has 0 unspecified atom stereocenters. The summed E-state index contributed by atoms with van der Waals surface area (Å²) in [5, 5.41) is 22.9. The number of ether oxygens (including phenoxy) is 4. The molecule has 3 rings (SSSR count). The second-order valence-electron chi connectivity index (χ2n) is 7.26. The van der Waals surface area contributed by atoms with E-state index in [0.717, 1.165) is 5.56 Å². The molecule has 0 aliphatic rings. The Morgan fingerprint density at radius 3 is 2.00 bits per heavy atom. The minimum Gasteiger partial charge on any atom is -0.507 e. The summed E-state index contributed by atoms with van der Waals surface area (Å²) in [7, 11) is 5.99. The lowest BCUT2D eigenvalue weighted by Gasteiger charge is -2.14. The highest BCUT2D eigenvalue weighted by molar-refractivity contribution is 6.05. The maximum Gasteiger partial charge on any atom is 0.248 e. The van der Waals surface area contributed by atoms with Crippen LogP contribution in [0.3, 0.4) is 0 Å². The summed E-state index contributed by atoms with van der Waals surface area (Å²) in [6, 6.07) is 13.3. The van der Waals surface area contributed by atoms with Gasteiger partial charge in [-0.05, 0) is 42.0 Å². The molecule has 0 saturated carbocycles. The van der Waals surface area contributed by atoms with Gasteiger partial charge in [-0.2, -0.15) is 0 Å². The molecule has 182 valence electrons. The highest BCUT2D eigenvalue weighted by Gasteiger charge is 2.15. The Morgan fingerprint density at radius 2 is 1.40 bits per heavy atom. The second-order valence-corrected chi connectivity index (χ2v) is 7.26. The lowest BCUT2D eigenvalue weighted by Crippen LogP contribution is -2.10. The van der Waals surface area contributed by atoms with E-state index in [1.807, 2.05) is 0 Å². The first kappa shape index (κ1) is 25.0. The first-order valence-corrected chi connectivity index (χ1v) is 10.6. The molecule has 0 aliphatic heterocycles. The zero-order valence-corrected chi connectivity index (χ0v) is 19.9. The predicted octanol–water partition coefficient (Wildman–Crippen LogP) is 4.95. The maximum atomic E-state index is 12.7. The molecule has 0 bridgehead atoms. The average Bonchev–Trinajstić information content (AvgIpc) is 2.87. The van der Waals surface area contributed by atoms with Gasteiger partial charge in [-0.3, -0.25) is 4.79 Å². The lowest BCUT2D eigenvalue weighted by molar-refractivity contribution is -0.111. The van der Waals surface area contributed by atoms with Crippen molar-refractivity contribution in [3.8, 4) is 34.5 Å². The van der Waals surface area contributed by atoms with Crippen LogP contribution < -0.4 is 24.3 Å². The molecule has 8 heteroatoms. The van der Waals surface area contributed by atoms with Crippen LogP contribution in [0.5, 0.6) is 34.5 Å². The van der Waals surface area contributed by atoms with Gasteiger partial charge in [0.05, 0.1) is 34.1 Å². The van der Waals surface area contributed by atoms with Crippen LogP contribution in [-0.2, 0) is 4.79 Å². The summed E-state index contributed by atoms with van der Waals surface area (Å²) in [6.45, 7) is 0. The van der Waals surface area contributed by atoms with E-state index in [2.05, 4.69) is 5.32 Å². The average molecular weight is 478 g/mol. The number of benzene rings is 3. The molecule has 3 aromatic carbocycles. The van der Waals surface area contributed by atoms with Crippen molar-refractivity contribution in [2.45, 2.75) is 0 Å². The van der Waals surface area contributed by atoms with E-state index in [9.17, 15) is 15.0 Å². The Bertz CT molecular complexity index is 1240. The van der Waals surface area contributed by atoms with Crippen molar-refractivity contribution >= 4 is 29.8 Å². The molecular formula is C27H27NO7. The van der Waals surface area contributed by atoms with Crippen LogP contribution in [0.4, 0.5) is 5.69 Å². The number of amides is 1. The molecule has 0 spiro atoms. The van der Waals surface area contributed by atoms with Crippen LogP contribution >= 0.6 is 0 Å². The number of para-hydroxylation sites is 1. The molecule has 3 N–H and O–H groups in total. The monoisotopic (exact) mass is 477 g/mol. The largest absolute Gasteiger partial charge is 0.507 e. The van der Waals surface area contributed by atoms with E-state index in [1.54, 1.807) is 48.6 Å². The number of phenolic OH excluding ortho intramolecular Hbond substituents is 2. The number of methoxy groups -OCH3 is 4. The lowest BCUT2D eigenvalue weighted by atomic mass is 10.1. The third-order valence-corrected chi connectivity index (χ3v) is 5.11. The number of nitrogens with one attached hydrogen (secondary N) is 1. The first-order valence-electron chi connectivity index (χ1n) is 10.6. The standard InChI is InChI=1S/C27H27NO7/c1-32-22-15-17(16-23(33-2)27(22)35-4)9-10-19-11-13-21(30)26(34-3)25(19)28-24(31)14-12-18-7-5-6-8-20(18)29/h5-16,29-30H,1-4H3,(H,28,31)/b10-9?,14-12+. The Kier molecular flexibility index (Phi) is 8.24. The van der Waals surface area contributed by atoms with Gasteiger partial charge in [-0.25, -0.2) is 0 Å². The quantitative estimate of drug-likeness (QED) is 0.296. The molecule has 1 amide bonds. The van der Waals surface area contributed by atoms with Gasteiger partial charge in [0.25, 0.3) is 0 Å². The third kappa shape index (κ3) is 5.86. The molecule has 3 aromatic rings. The highest BCUT2D eigenvalue weighted by Crippen LogP contribution is 2.40. The minimum atomic E-state index is -0.473. The molecule has 8 nitrogen and oxygen atoms in total. The number of carbonyl (C=O) groups is 1. The molecule has 0 fully saturated rings. The number of rotatable bonds is 9. The van der Waals surface area contributed by atoms with E-state index in [-0.39, 0.29) is 22.9 Å². The summed E-state index contributed by atoms with van der Waals surface area (Å²) in [5.74, 6) is 1.04. The third-order valence-electron chi connectivity index (χ3n) is 5.11.